The Morgan fingerprint density at radius 3 is 3.12 bits per heavy atom. The summed E-state index contributed by atoms with van der Waals surface area (Å²) < 4.78 is 0. The summed E-state index contributed by atoms with van der Waals surface area (Å²) in [5.41, 5.74) is 2.04. The number of nitrogens with zero attached hydrogens (tertiary/aromatic N) is 1. The molecule has 2 heterocycles. The number of nitrogens with one attached hydrogen (secondary N) is 1. The van der Waals surface area contributed by atoms with Crippen LogP contribution in [-0.2, 0) is 11.2 Å². The molecule has 2 rings (SSSR count). The number of thiazole rings is 1. The van der Waals surface area contributed by atoms with Crippen LogP contribution in [0.3, 0.4) is 0 Å². The molecule has 4 heteroatoms. The number of H-pyrrole nitrogens is 1. The van der Waals surface area contributed by atoms with Crippen molar-refractivity contribution in [2.75, 3.05) is 0 Å². The van der Waals surface area contributed by atoms with Crippen LogP contribution in [0.15, 0.2) is 23.7 Å². The van der Waals surface area contributed by atoms with Crippen LogP contribution < -0.4 is 0 Å². The number of carbonyl (C=O) groups is 1. The van der Waals surface area contributed by atoms with Gasteiger partial charge in [0.1, 0.15) is 5.78 Å². The van der Waals surface area contributed by atoms with Crippen LogP contribution in [-0.4, -0.2) is 15.8 Å². The van der Waals surface area contributed by atoms with Gasteiger partial charge in [0.05, 0.1) is 16.4 Å². The van der Waals surface area contributed by atoms with E-state index < -0.39 is 0 Å². The largest absolute Gasteiger partial charge is 0.360 e. The topological polar surface area (TPSA) is 45.8 Å². The van der Waals surface area contributed by atoms with Crippen LogP contribution in [0.4, 0.5) is 0 Å². The normalized spacial score (nSPS) is 10.6. The molecule has 0 radical (unpaired) electrons. The Balaban J connectivity index is 1.95. The Kier molecular flexibility index (Phi) is 3.51. The van der Waals surface area contributed by atoms with Gasteiger partial charge in [-0.3, -0.25) is 0 Å². The zero-order chi connectivity index (χ0) is 11.4. The van der Waals surface area contributed by atoms with E-state index in [0.717, 1.165) is 29.2 Å². The van der Waals surface area contributed by atoms with Crippen molar-refractivity contribution >= 4 is 17.1 Å². The summed E-state index contributed by atoms with van der Waals surface area (Å²) in [6.07, 6.45) is 4.33. The summed E-state index contributed by atoms with van der Waals surface area (Å²) in [5.74, 6) is 0.251. The number of hydrogen-bond acceptors (Lipinski definition) is 3. The number of aryl methyl sites for hydroxylation is 1. The van der Waals surface area contributed by atoms with E-state index in [-0.39, 0.29) is 5.78 Å². The molecule has 16 heavy (non-hydrogen) atoms. The molecule has 0 atom stereocenters. The van der Waals surface area contributed by atoms with Gasteiger partial charge in [-0.15, -0.1) is 11.3 Å². The van der Waals surface area contributed by atoms with Crippen LogP contribution >= 0.6 is 11.3 Å². The van der Waals surface area contributed by atoms with Crippen molar-refractivity contribution in [3.8, 4) is 11.4 Å². The molecule has 0 saturated heterocycles. The maximum Gasteiger partial charge on any atom is 0.129 e. The Bertz CT molecular complexity index is 459. The van der Waals surface area contributed by atoms with E-state index in [1.807, 2.05) is 18.3 Å². The maximum absolute atomic E-state index is 10.8. The first kappa shape index (κ1) is 11.1. The first-order chi connectivity index (χ1) is 7.75. The van der Waals surface area contributed by atoms with E-state index >= 15 is 0 Å². The predicted molar refractivity (Wildman–Crippen MR) is 65.5 cm³/mol. The number of aromatic nitrogens is 2. The van der Waals surface area contributed by atoms with Gasteiger partial charge in [0.2, 0.25) is 0 Å². The van der Waals surface area contributed by atoms with E-state index in [9.17, 15) is 4.79 Å². The fourth-order valence-electron chi connectivity index (χ4n) is 1.53. The summed E-state index contributed by atoms with van der Waals surface area (Å²) in [4.78, 5) is 18.5. The molecule has 2 aromatic heterocycles. The van der Waals surface area contributed by atoms with Crippen LogP contribution in [0, 0.1) is 0 Å². The monoisotopic (exact) mass is 234 g/mol. The average Bonchev–Trinajstić information content (AvgIpc) is 2.85. The summed E-state index contributed by atoms with van der Waals surface area (Å²) in [6.45, 7) is 1.63. The summed E-state index contributed by atoms with van der Waals surface area (Å²) in [5, 5.41) is 3.15. The van der Waals surface area contributed by atoms with Gasteiger partial charge >= 0.3 is 0 Å². The number of rotatable bonds is 5. The molecule has 84 valence electrons. The van der Waals surface area contributed by atoms with Crippen molar-refractivity contribution in [2.45, 2.75) is 26.2 Å². The molecule has 0 fully saturated rings. The van der Waals surface area contributed by atoms with Crippen molar-refractivity contribution in [1.82, 2.24) is 9.97 Å². The Hall–Kier alpha value is -1.42. The third kappa shape index (κ3) is 2.79. The van der Waals surface area contributed by atoms with Gasteiger partial charge in [-0.2, -0.15) is 0 Å². The van der Waals surface area contributed by atoms with Crippen molar-refractivity contribution in [3.05, 3.63) is 28.7 Å². The third-order valence-electron chi connectivity index (χ3n) is 2.35. The fourth-order valence-corrected chi connectivity index (χ4v) is 2.37. The molecule has 0 aliphatic rings. The van der Waals surface area contributed by atoms with Crippen molar-refractivity contribution in [1.29, 1.82) is 0 Å². The van der Waals surface area contributed by atoms with Crippen LogP contribution in [0.25, 0.3) is 11.4 Å². The standard InChI is InChI=1S/C12H14N2OS/c1-9(15)4-2-6-12-14-11(8-16-12)10-5-3-7-13-10/h3,5,7-8,13H,2,4,6H2,1H3. The minimum absolute atomic E-state index is 0.251. The lowest BCUT2D eigenvalue weighted by atomic mass is 10.2. The lowest BCUT2D eigenvalue weighted by Crippen LogP contribution is -1.92. The van der Waals surface area contributed by atoms with Crippen molar-refractivity contribution in [2.24, 2.45) is 0 Å². The summed E-state index contributed by atoms with van der Waals surface area (Å²) in [7, 11) is 0. The minimum atomic E-state index is 0.251. The van der Waals surface area contributed by atoms with Gasteiger partial charge in [-0.05, 0) is 31.9 Å². The second-order valence-corrected chi connectivity index (χ2v) is 4.71. The quantitative estimate of drug-likeness (QED) is 0.864. The first-order valence-corrected chi connectivity index (χ1v) is 6.21. The van der Waals surface area contributed by atoms with Gasteiger partial charge in [0, 0.05) is 18.0 Å². The molecule has 0 unspecified atom stereocenters. The highest BCUT2D eigenvalue weighted by atomic mass is 32.1. The molecule has 3 nitrogen and oxygen atoms in total. The number of carbonyl (C=O) groups excluding carboxylic acids is 1. The van der Waals surface area contributed by atoms with E-state index in [0.29, 0.717) is 6.42 Å². The lowest BCUT2D eigenvalue weighted by Gasteiger charge is -1.94. The molecule has 0 aromatic carbocycles. The molecule has 0 saturated carbocycles. The van der Waals surface area contributed by atoms with E-state index in [2.05, 4.69) is 15.3 Å². The molecule has 0 bridgehead atoms. The highest BCUT2D eigenvalue weighted by Crippen LogP contribution is 2.21. The molecule has 0 spiro atoms. The van der Waals surface area contributed by atoms with Gasteiger partial charge < -0.3 is 9.78 Å². The molecular weight excluding hydrogens is 220 g/mol. The van der Waals surface area contributed by atoms with Crippen LogP contribution in [0.1, 0.15) is 24.8 Å². The summed E-state index contributed by atoms with van der Waals surface area (Å²) >= 11 is 1.66. The minimum Gasteiger partial charge on any atom is -0.360 e. The molecular formula is C12H14N2OS. The zero-order valence-electron chi connectivity index (χ0n) is 9.19. The second kappa shape index (κ2) is 5.07. The number of ketones is 1. The SMILES string of the molecule is CC(=O)CCCc1nc(-c2ccc[nH]2)cs1. The van der Waals surface area contributed by atoms with Gasteiger partial charge in [0.15, 0.2) is 0 Å². The van der Waals surface area contributed by atoms with Crippen LogP contribution in [0.2, 0.25) is 0 Å². The van der Waals surface area contributed by atoms with Crippen LogP contribution in [0.5, 0.6) is 0 Å². The molecule has 0 amide bonds. The number of aromatic amines is 1. The van der Waals surface area contributed by atoms with Gasteiger partial charge in [-0.25, -0.2) is 4.98 Å². The Morgan fingerprint density at radius 1 is 1.56 bits per heavy atom. The molecule has 0 aliphatic heterocycles. The molecule has 0 aliphatic carbocycles. The van der Waals surface area contributed by atoms with Gasteiger partial charge in [-0.1, -0.05) is 0 Å². The number of Topliss-reactive ketones (excluding diaryl/α,β-unsaturated/α-hetero) is 1. The fraction of sp³-hybridized carbons (Fsp3) is 0.333. The third-order valence-corrected chi connectivity index (χ3v) is 3.25. The van der Waals surface area contributed by atoms with Crippen molar-refractivity contribution in [3.63, 3.8) is 0 Å². The Labute approximate surface area is 98.5 Å². The first-order valence-electron chi connectivity index (χ1n) is 5.33. The maximum atomic E-state index is 10.8. The van der Waals surface area contributed by atoms with Crippen molar-refractivity contribution < 1.29 is 4.79 Å². The van der Waals surface area contributed by atoms with E-state index in [4.69, 9.17) is 0 Å². The average molecular weight is 234 g/mol. The zero-order valence-corrected chi connectivity index (χ0v) is 10.0. The Morgan fingerprint density at radius 2 is 2.44 bits per heavy atom. The smallest absolute Gasteiger partial charge is 0.129 e. The lowest BCUT2D eigenvalue weighted by molar-refractivity contribution is -0.117. The van der Waals surface area contributed by atoms with Gasteiger partial charge in [0.25, 0.3) is 0 Å². The molecule has 2 aromatic rings. The van der Waals surface area contributed by atoms with E-state index in [1.165, 1.54) is 0 Å². The van der Waals surface area contributed by atoms with E-state index in [1.54, 1.807) is 18.3 Å². The molecule has 1 N–H and O–H groups in total. The second-order valence-electron chi connectivity index (χ2n) is 3.77. The predicted octanol–water partition coefficient (Wildman–Crippen LogP) is 3.05. The highest BCUT2D eigenvalue weighted by molar-refractivity contribution is 7.09. The highest BCUT2D eigenvalue weighted by Gasteiger charge is 2.05. The number of hydrogen-bond donors (Lipinski definition) is 1. The summed E-state index contributed by atoms with van der Waals surface area (Å²) in [6, 6.07) is 3.97.